The number of nitrogens with zero attached hydrogens (tertiary/aromatic N) is 2. The van der Waals surface area contributed by atoms with Crippen LogP contribution >= 0.6 is 11.8 Å². The Balaban J connectivity index is 1.61. The van der Waals surface area contributed by atoms with E-state index in [1.165, 1.54) is 17.1 Å². The monoisotopic (exact) mass is 370 g/mol. The van der Waals surface area contributed by atoms with Gasteiger partial charge in [-0.25, -0.2) is 9.89 Å². The normalized spacial score (nSPS) is 12.2. The molecule has 0 saturated heterocycles. The quantitative estimate of drug-likeness (QED) is 0.626. The van der Waals surface area contributed by atoms with E-state index in [0.29, 0.717) is 11.7 Å². The first-order valence-electron chi connectivity index (χ1n) is 8.64. The van der Waals surface area contributed by atoms with Crippen LogP contribution in [0.3, 0.4) is 0 Å². The van der Waals surface area contributed by atoms with E-state index in [-0.39, 0.29) is 23.4 Å². The molecule has 1 aromatic heterocycles. The molecule has 0 aliphatic heterocycles. The van der Waals surface area contributed by atoms with Gasteiger partial charge in [0.2, 0.25) is 5.91 Å². The Morgan fingerprint density at radius 3 is 2.81 bits per heavy atom. The largest absolute Gasteiger partial charge is 0.349 e. The van der Waals surface area contributed by atoms with Gasteiger partial charge in [-0.15, -0.1) is 5.10 Å². The molecule has 0 radical (unpaired) electrons. The minimum atomic E-state index is -0.237. The summed E-state index contributed by atoms with van der Waals surface area (Å²) in [7, 11) is 0. The first-order valence-corrected chi connectivity index (χ1v) is 9.63. The number of fused-ring (bicyclic) bond motifs is 1. The number of benzene rings is 2. The van der Waals surface area contributed by atoms with Gasteiger partial charge in [0.05, 0.1) is 11.8 Å². The molecule has 136 valence electrons. The number of thioether (sulfide) groups is 1. The number of amides is 1. The molecular weight excluding hydrogens is 348 g/mol. The predicted molar refractivity (Wildman–Crippen MR) is 104 cm³/mol. The molecule has 1 amide bonds. The van der Waals surface area contributed by atoms with Crippen molar-refractivity contribution in [2.45, 2.75) is 38.0 Å². The second-order valence-corrected chi connectivity index (χ2v) is 7.09. The maximum atomic E-state index is 12.3. The van der Waals surface area contributed by atoms with E-state index in [0.717, 1.165) is 17.4 Å². The Bertz CT molecular complexity index is 963. The summed E-state index contributed by atoms with van der Waals surface area (Å²) >= 11 is 1.26. The van der Waals surface area contributed by atoms with Crippen LogP contribution in [0.4, 0.5) is 0 Å². The van der Waals surface area contributed by atoms with E-state index in [9.17, 15) is 9.59 Å². The molecule has 2 N–H and O–H groups in total. The van der Waals surface area contributed by atoms with Crippen molar-refractivity contribution in [3.05, 3.63) is 58.5 Å². The third-order valence-electron chi connectivity index (χ3n) is 4.15. The Morgan fingerprint density at radius 1 is 1.27 bits per heavy atom. The second kappa shape index (κ2) is 8.23. The minimum absolute atomic E-state index is 0.0887. The van der Waals surface area contributed by atoms with Crippen molar-refractivity contribution >= 4 is 28.4 Å². The SMILES string of the molecule is CCCn1c(SCC(=O)N[C@H](C)c2ccc3ccccc3c2)n[nH]c1=O. The number of H-pyrrole nitrogens is 1. The molecule has 3 rings (SSSR count). The van der Waals surface area contributed by atoms with Crippen LogP contribution in [0.15, 0.2) is 52.4 Å². The fourth-order valence-electron chi connectivity index (χ4n) is 2.81. The molecule has 6 nitrogen and oxygen atoms in total. The van der Waals surface area contributed by atoms with Gasteiger partial charge >= 0.3 is 5.69 Å². The third kappa shape index (κ3) is 4.16. The smallest absolute Gasteiger partial charge is 0.343 e. The van der Waals surface area contributed by atoms with E-state index >= 15 is 0 Å². The van der Waals surface area contributed by atoms with Crippen LogP contribution in [0.2, 0.25) is 0 Å². The van der Waals surface area contributed by atoms with E-state index in [4.69, 9.17) is 0 Å². The van der Waals surface area contributed by atoms with Crippen LogP contribution in [0.25, 0.3) is 10.8 Å². The molecule has 26 heavy (non-hydrogen) atoms. The summed E-state index contributed by atoms with van der Waals surface area (Å²) in [5, 5.41) is 12.3. The zero-order valence-electron chi connectivity index (χ0n) is 14.9. The van der Waals surface area contributed by atoms with Crippen molar-refractivity contribution in [1.29, 1.82) is 0 Å². The van der Waals surface area contributed by atoms with Crippen LogP contribution in [0.1, 0.15) is 31.9 Å². The van der Waals surface area contributed by atoms with Crippen molar-refractivity contribution in [3.8, 4) is 0 Å². The number of aromatic nitrogens is 3. The molecule has 1 heterocycles. The summed E-state index contributed by atoms with van der Waals surface area (Å²) in [4.78, 5) is 24.0. The zero-order chi connectivity index (χ0) is 18.5. The molecule has 0 aliphatic carbocycles. The van der Waals surface area contributed by atoms with Gasteiger partial charge in [-0.2, -0.15) is 0 Å². The Hall–Kier alpha value is -2.54. The van der Waals surface area contributed by atoms with Crippen molar-refractivity contribution in [1.82, 2.24) is 20.1 Å². The molecule has 2 aromatic carbocycles. The van der Waals surface area contributed by atoms with Crippen LogP contribution in [0.5, 0.6) is 0 Å². The number of hydrogen-bond donors (Lipinski definition) is 2. The van der Waals surface area contributed by atoms with E-state index in [2.05, 4.69) is 39.8 Å². The number of carbonyl (C=O) groups excluding carboxylic acids is 1. The minimum Gasteiger partial charge on any atom is -0.349 e. The number of rotatable bonds is 7. The van der Waals surface area contributed by atoms with Gasteiger partial charge in [-0.1, -0.05) is 55.1 Å². The van der Waals surface area contributed by atoms with Gasteiger partial charge in [0.15, 0.2) is 5.16 Å². The van der Waals surface area contributed by atoms with Gasteiger partial charge in [0.1, 0.15) is 0 Å². The topological polar surface area (TPSA) is 79.8 Å². The number of carbonyl (C=O) groups is 1. The third-order valence-corrected chi connectivity index (χ3v) is 5.13. The van der Waals surface area contributed by atoms with Gasteiger partial charge in [-0.3, -0.25) is 9.36 Å². The molecule has 3 aromatic rings. The molecule has 7 heteroatoms. The predicted octanol–water partition coefficient (Wildman–Crippen LogP) is 3.10. The van der Waals surface area contributed by atoms with Gasteiger partial charge in [0.25, 0.3) is 0 Å². The summed E-state index contributed by atoms with van der Waals surface area (Å²) in [6, 6.07) is 14.3. The first-order chi connectivity index (χ1) is 12.6. The fraction of sp³-hybridized carbons (Fsp3) is 0.316. The highest BCUT2D eigenvalue weighted by molar-refractivity contribution is 7.99. The first kappa shape index (κ1) is 18.3. The lowest BCUT2D eigenvalue weighted by Crippen LogP contribution is -2.28. The van der Waals surface area contributed by atoms with Crippen molar-refractivity contribution in [2.75, 3.05) is 5.75 Å². The summed E-state index contributed by atoms with van der Waals surface area (Å²) < 4.78 is 1.56. The molecule has 0 saturated carbocycles. The molecule has 0 fully saturated rings. The molecule has 0 unspecified atom stereocenters. The summed E-state index contributed by atoms with van der Waals surface area (Å²) in [6.07, 6.45) is 0.832. The zero-order valence-corrected chi connectivity index (χ0v) is 15.7. The lowest BCUT2D eigenvalue weighted by atomic mass is 10.0. The number of aromatic amines is 1. The fourth-order valence-corrected chi connectivity index (χ4v) is 3.59. The maximum absolute atomic E-state index is 12.3. The summed E-state index contributed by atoms with van der Waals surface area (Å²) in [6.45, 7) is 4.55. The highest BCUT2D eigenvalue weighted by Crippen LogP contribution is 2.20. The molecule has 0 aliphatic rings. The molecule has 0 spiro atoms. The highest BCUT2D eigenvalue weighted by atomic mass is 32.2. The Kier molecular flexibility index (Phi) is 5.78. The Labute approximate surface area is 156 Å². The lowest BCUT2D eigenvalue weighted by molar-refractivity contribution is -0.119. The highest BCUT2D eigenvalue weighted by Gasteiger charge is 2.13. The van der Waals surface area contributed by atoms with Crippen molar-refractivity contribution < 1.29 is 4.79 Å². The van der Waals surface area contributed by atoms with E-state index < -0.39 is 0 Å². The van der Waals surface area contributed by atoms with E-state index in [1.807, 2.05) is 32.0 Å². The molecule has 1 atom stereocenters. The maximum Gasteiger partial charge on any atom is 0.343 e. The molecule has 0 bridgehead atoms. The average molecular weight is 370 g/mol. The van der Waals surface area contributed by atoms with Crippen LogP contribution in [-0.4, -0.2) is 26.4 Å². The van der Waals surface area contributed by atoms with E-state index in [1.54, 1.807) is 4.57 Å². The average Bonchev–Trinajstić information content (AvgIpc) is 3.00. The summed E-state index contributed by atoms with van der Waals surface area (Å²) in [5.41, 5.74) is 0.823. The van der Waals surface area contributed by atoms with Gasteiger partial charge in [-0.05, 0) is 35.7 Å². The second-order valence-electron chi connectivity index (χ2n) is 6.15. The number of hydrogen-bond acceptors (Lipinski definition) is 4. The standard InChI is InChI=1S/C19H22N4O2S/c1-3-10-23-18(25)21-22-19(23)26-12-17(24)20-13(2)15-9-8-14-6-4-5-7-16(14)11-15/h4-9,11,13H,3,10,12H2,1-2H3,(H,20,24)(H,21,25)/t13-/m1/s1. The Morgan fingerprint density at radius 2 is 2.04 bits per heavy atom. The van der Waals surface area contributed by atoms with Gasteiger partial charge in [0, 0.05) is 6.54 Å². The lowest BCUT2D eigenvalue weighted by Gasteiger charge is -2.15. The van der Waals surface area contributed by atoms with Crippen LogP contribution in [0, 0.1) is 0 Å². The van der Waals surface area contributed by atoms with Crippen LogP contribution < -0.4 is 11.0 Å². The van der Waals surface area contributed by atoms with Crippen LogP contribution in [-0.2, 0) is 11.3 Å². The molecular formula is C19H22N4O2S. The van der Waals surface area contributed by atoms with Gasteiger partial charge < -0.3 is 5.32 Å². The summed E-state index contributed by atoms with van der Waals surface area (Å²) in [5.74, 6) is 0.125. The number of nitrogens with one attached hydrogen (secondary N) is 2. The van der Waals surface area contributed by atoms with Crippen molar-refractivity contribution in [2.24, 2.45) is 0 Å². The van der Waals surface area contributed by atoms with Crippen molar-refractivity contribution in [3.63, 3.8) is 0 Å².